The lowest BCUT2D eigenvalue weighted by molar-refractivity contribution is -0.157. The van der Waals surface area contributed by atoms with Crippen molar-refractivity contribution in [3.05, 3.63) is 0 Å². The second kappa shape index (κ2) is 10.4. The molecule has 0 fully saturated rings. The van der Waals surface area contributed by atoms with Gasteiger partial charge < -0.3 is 10.2 Å². The summed E-state index contributed by atoms with van der Waals surface area (Å²) in [5.74, 6) is -1.11. The van der Waals surface area contributed by atoms with Crippen molar-refractivity contribution in [3.8, 4) is 0 Å². The molecule has 0 aliphatic rings. The summed E-state index contributed by atoms with van der Waals surface area (Å²) in [5, 5.41) is 18.3. The average molecular weight is 258 g/mol. The Hall–Kier alpha value is -0.570. The Morgan fingerprint density at radius 2 is 1.28 bits per heavy atom. The monoisotopic (exact) mass is 258 g/mol. The predicted molar refractivity (Wildman–Crippen MR) is 74.7 cm³/mol. The number of rotatable bonds is 12. The molecule has 0 bridgehead atoms. The third-order valence-electron chi connectivity index (χ3n) is 3.48. The van der Waals surface area contributed by atoms with Gasteiger partial charge in [-0.3, -0.25) is 0 Å². The smallest absolute Gasteiger partial charge is 0.335 e. The minimum Gasteiger partial charge on any atom is -0.479 e. The Kier molecular flexibility index (Phi) is 10.0. The third kappa shape index (κ3) is 9.46. The van der Waals surface area contributed by atoms with Crippen LogP contribution in [0.1, 0.15) is 84.5 Å². The molecule has 1 atom stereocenters. The number of unbranched alkanes of at least 4 members (excludes halogenated alkanes) is 9. The summed E-state index contributed by atoms with van der Waals surface area (Å²) in [4.78, 5) is 10.7. The van der Waals surface area contributed by atoms with Crippen LogP contribution < -0.4 is 0 Å². The number of aliphatic carboxylic acids is 1. The number of carboxylic acids is 1. The van der Waals surface area contributed by atoms with Crippen LogP contribution in [0.4, 0.5) is 0 Å². The molecule has 0 radical (unpaired) electrons. The maximum atomic E-state index is 10.7. The highest BCUT2D eigenvalue weighted by molar-refractivity contribution is 5.76. The Labute approximate surface area is 112 Å². The van der Waals surface area contributed by atoms with Gasteiger partial charge in [0.15, 0.2) is 5.60 Å². The van der Waals surface area contributed by atoms with Crippen molar-refractivity contribution in [1.29, 1.82) is 0 Å². The zero-order valence-corrected chi connectivity index (χ0v) is 12.1. The highest BCUT2D eigenvalue weighted by atomic mass is 16.4. The molecule has 0 aromatic heterocycles. The maximum Gasteiger partial charge on any atom is 0.335 e. The molecule has 0 aliphatic heterocycles. The summed E-state index contributed by atoms with van der Waals surface area (Å²) in [5.41, 5.74) is -1.54. The topological polar surface area (TPSA) is 57.5 Å². The van der Waals surface area contributed by atoms with Gasteiger partial charge >= 0.3 is 5.97 Å². The van der Waals surface area contributed by atoms with E-state index in [9.17, 15) is 9.90 Å². The van der Waals surface area contributed by atoms with Gasteiger partial charge in [0.25, 0.3) is 0 Å². The number of hydrogen-bond acceptors (Lipinski definition) is 2. The first kappa shape index (κ1) is 17.4. The summed E-state index contributed by atoms with van der Waals surface area (Å²) in [6, 6.07) is 0. The molecule has 3 nitrogen and oxygen atoms in total. The molecule has 0 aliphatic carbocycles. The average Bonchev–Trinajstić information content (AvgIpc) is 2.31. The van der Waals surface area contributed by atoms with Crippen molar-refractivity contribution in [2.24, 2.45) is 0 Å². The molecule has 3 heteroatoms. The lowest BCUT2D eigenvalue weighted by Gasteiger charge is -2.17. The van der Waals surface area contributed by atoms with Crippen LogP contribution in [-0.2, 0) is 4.79 Å². The number of hydrogen-bond donors (Lipinski definition) is 2. The van der Waals surface area contributed by atoms with E-state index in [4.69, 9.17) is 5.11 Å². The van der Waals surface area contributed by atoms with E-state index in [1.807, 2.05) is 0 Å². The Bertz CT molecular complexity index is 212. The van der Waals surface area contributed by atoms with Crippen LogP contribution in [0.5, 0.6) is 0 Å². The molecule has 0 rings (SSSR count). The summed E-state index contributed by atoms with van der Waals surface area (Å²) >= 11 is 0. The van der Waals surface area contributed by atoms with Crippen molar-refractivity contribution < 1.29 is 15.0 Å². The van der Waals surface area contributed by atoms with E-state index < -0.39 is 11.6 Å². The lowest BCUT2D eigenvalue weighted by atomic mass is 9.97. The van der Waals surface area contributed by atoms with E-state index in [1.165, 1.54) is 51.9 Å². The second-order valence-corrected chi connectivity index (χ2v) is 5.51. The SMILES string of the molecule is CCCCCCCCCCCCC(C)(O)C(=O)O. The van der Waals surface area contributed by atoms with E-state index >= 15 is 0 Å². The highest BCUT2D eigenvalue weighted by Gasteiger charge is 2.28. The van der Waals surface area contributed by atoms with Gasteiger partial charge in [-0.25, -0.2) is 4.79 Å². The predicted octanol–water partition coefficient (Wildman–Crippen LogP) is 4.13. The first-order chi connectivity index (χ1) is 8.50. The lowest BCUT2D eigenvalue weighted by Crippen LogP contribution is -2.34. The molecule has 18 heavy (non-hydrogen) atoms. The molecule has 1 unspecified atom stereocenters. The molecule has 0 aromatic rings. The molecule has 2 N–H and O–H groups in total. The van der Waals surface area contributed by atoms with Gasteiger partial charge in [0.05, 0.1) is 0 Å². The Morgan fingerprint density at radius 1 is 0.889 bits per heavy atom. The fourth-order valence-electron chi connectivity index (χ4n) is 2.06. The van der Waals surface area contributed by atoms with Gasteiger partial charge in [-0.2, -0.15) is 0 Å². The number of carboxylic acid groups (broad SMARTS) is 1. The van der Waals surface area contributed by atoms with Crippen LogP contribution in [0, 0.1) is 0 Å². The Balaban J connectivity index is 3.24. The van der Waals surface area contributed by atoms with Gasteiger partial charge in [-0.05, 0) is 19.8 Å². The van der Waals surface area contributed by atoms with Crippen molar-refractivity contribution in [3.63, 3.8) is 0 Å². The zero-order valence-electron chi connectivity index (χ0n) is 12.1. The van der Waals surface area contributed by atoms with Gasteiger partial charge in [0.2, 0.25) is 0 Å². The van der Waals surface area contributed by atoms with E-state index in [2.05, 4.69) is 6.92 Å². The molecule has 108 valence electrons. The second-order valence-electron chi connectivity index (χ2n) is 5.51. The molecular weight excluding hydrogens is 228 g/mol. The molecular formula is C15H30O3. The molecule has 0 saturated carbocycles. The van der Waals surface area contributed by atoms with Gasteiger partial charge in [0, 0.05) is 0 Å². The zero-order chi connectivity index (χ0) is 13.9. The van der Waals surface area contributed by atoms with E-state index in [0.29, 0.717) is 6.42 Å². The minimum absolute atomic E-state index is 0.360. The minimum atomic E-state index is -1.54. The molecule has 0 spiro atoms. The summed E-state index contributed by atoms with van der Waals surface area (Å²) in [7, 11) is 0. The van der Waals surface area contributed by atoms with Crippen molar-refractivity contribution in [1.82, 2.24) is 0 Å². The van der Waals surface area contributed by atoms with E-state index in [-0.39, 0.29) is 0 Å². The Morgan fingerprint density at radius 3 is 1.67 bits per heavy atom. The maximum absolute atomic E-state index is 10.7. The number of carbonyl (C=O) groups is 1. The number of aliphatic hydroxyl groups is 1. The van der Waals surface area contributed by atoms with E-state index in [1.54, 1.807) is 0 Å². The largest absolute Gasteiger partial charge is 0.479 e. The summed E-state index contributed by atoms with van der Waals surface area (Å²) in [6.07, 6.45) is 12.6. The molecule has 0 heterocycles. The first-order valence-electron chi connectivity index (χ1n) is 7.46. The summed E-state index contributed by atoms with van der Waals surface area (Å²) < 4.78 is 0. The summed E-state index contributed by atoms with van der Waals surface area (Å²) in [6.45, 7) is 3.61. The van der Waals surface area contributed by atoms with Crippen molar-refractivity contribution in [2.75, 3.05) is 0 Å². The fraction of sp³-hybridized carbons (Fsp3) is 0.933. The van der Waals surface area contributed by atoms with Gasteiger partial charge in [-0.1, -0.05) is 64.7 Å². The first-order valence-corrected chi connectivity index (χ1v) is 7.46. The highest BCUT2D eigenvalue weighted by Crippen LogP contribution is 2.16. The third-order valence-corrected chi connectivity index (χ3v) is 3.48. The van der Waals surface area contributed by atoms with Crippen LogP contribution >= 0.6 is 0 Å². The molecule has 0 aromatic carbocycles. The van der Waals surface area contributed by atoms with Gasteiger partial charge in [-0.15, -0.1) is 0 Å². The molecule has 0 saturated heterocycles. The van der Waals surface area contributed by atoms with Crippen molar-refractivity contribution in [2.45, 2.75) is 90.1 Å². The van der Waals surface area contributed by atoms with Crippen LogP contribution in [-0.4, -0.2) is 21.8 Å². The standard InChI is InChI=1S/C15H30O3/c1-3-4-5-6-7-8-9-10-11-12-13-15(2,18)14(16)17/h18H,3-13H2,1-2H3,(H,16,17). The van der Waals surface area contributed by atoms with Crippen LogP contribution in [0.2, 0.25) is 0 Å². The van der Waals surface area contributed by atoms with Crippen LogP contribution in [0.3, 0.4) is 0 Å². The quantitative estimate of drug-likeness (QED) is 0.517. The fourth-order valence-corrected chi connectivity index (χ4v) is 2.06. The van der Waals surface area contributed by atoms with E-state index in [0.717, 1.165) is 19.3 Å². The van der Waals surface area contributed by atoms with Crippen LogP contribution in [0.15, 0.2) is 0 Å². The molecule has 0 amide bonds. The normalized spacial score (nSPS) is 14.4. The van der Waals surface area contributed by atoms with Crippen molar-refractivity contribution >= 4 is 5.97 Å². The van der Waals surface area contributed by atoms with Gasteiger partial charge in [0.1, 0.15) is 0 Å². The van der Waals surface area contributed by atoms with Crippen LogP contribution in [0.25, 0.3) is 0 Å².